The molecule has 5 nitrogen and oxygen atoms in total. The quantitative estimate of drug-likeness (QED) is 0.245. The SMILES string of the molecule is Oc1ccc(C2=CC(c3ccccc3)=NC2=Nc2[nH]c(-c3ccccc3)cc2-c2ccc(O)cc2)cc1. The van der Waals surface area contributed by atoms with Crippen molar-refractivity contribution in [2.75, 3.05) is 0 Å². The second kappa shape index (κ2) is 9.47. The molecule has 4 aromatic carbocycles. The van der Waals surface area contributed by atoms with E-state index >= 15 is 0 Å². The van der Waals surface area contributed by atoms with E-state index in [1.807, 2.05) is 91.0 Å². The van der Waals surface area contributed by atoms with Crippen LogP contribution in [0.4, 0.5) is 5.82 Å². The normalized spacial score (nSPS) is 14.0. The van der Waals surface area contributed by atoms with Crippen molar-refractivity contribution in [3.05, 3.63) is 132 Å². The summed E-state index contributed by atoms with van der Waals surface area (Å²) >= 11 is 0. The Hall–Kier alpha value is -5.16. The number of nitrogens with one attached hydrogen (secondary N) is 1. The number of phenolic OH excluding ortho intramolecular Hbond substituents is 2. The summed E-state index contributed by atoms with van der Waals surface area (Å²) in [5.74, 6) is 1.66. The third-order valence-electron chi connectivity index (χ3n) is 6.27. The van der Waals surface area contributed by atoms with E-state index in [1.54, 1.807) is 24.3 Å². The van der Waals surface area contributed by atoms with Gasteiger partial charge in [0.15, 0.2) is 5.84 Å². The van der Waals surface area contributed by atoms with E-state index in [1.165, 1.54) is 0 Å². The molecule has 0 fully saturated rings. The van der Waals surface area contributed by atoms with E-state index in [0.29, 0.717) is 11.7 Å². The Bertz CT molecular complexity index is 1650. The van der Waals surface area contributed by atoms with E-state index < -0.39 is 0 Å². The third-order valence-corrected chi connectivity index (χ3v) is 6.27. The van der Waals surface area contributed by atoms with Gasteiger partial charge in [-0.1, -0.05) is 84.9 Å². The van der Waals surface area contributed by atoms with E-state index in [9.17, 15) is 10.2 Å². The molecule has 0 atom stereocenters. The van der Waals surface area contributed by atoms with Crippen LogP contribution < -0.4 is 0 Å². The summed E-state index contributed by atoms with van der Waals surface area (Å²) < 4.78 is 0. The fourth-order valence-corrected chi connectivity index (χ4v) is 4.38. The summed E-state index contributed by atoms with van der Waals surface area (Å²) in [6.07, 6.45) is 2.03. The van der Waals surface area contributed by atoms with Gasteiger partial charge in [-0.25, -0.2) is 9.98 Å². The molecule has 5 aromatic rings. The Labute approximate surface area is 214 Å². The molecule has 5 heteroatoms. The van der Waals surface area contributed by atoms with Crippen LogP contribution in [0.1, 0.15) is 11.1 Å². The lowest BCUT2D eigenvalue weighted by Crippen LogP contribution is -1.95. The van der Waals surface area contributed by atoms with Crippen molar-refractivity contribution >= 4 is 22.9 Å². The van der Waals surface area contributed by atoms with Gasteiger partial charge in [0, 0.05) is 22.4 Å². The first-order valence-electron chi connectivity index (χ1n) is 12.0. The van der Waals surface area contributed by atoms with Gasteiger partial charge in [0.1, 0.15) is 17.3 Å². The zero-order valence-electron chi connectivity index (χ0n) is 19.8. The van der Waals surface area contributed by atoms with Gasteiger partial charge in [0.05, 0.1) is 5.71 Å². The summed E-state index contributed by atoms with van der Waals surface area (Å²) in [7, 11) is 0. The average Bonchev–Trinajstić information content (AvgIpc) is 3.56. The van der Waals surface area contributed by atoms with Crippen LogP contribution in [0.15, 0.2) is 131 Å². The lowest BCUT2D eigenvalue weighted by Gasteiger charge is -2.05. The first kappa shape index (κ1) is 22.3. The fraction of sp³-hybridized carbons (Fsp3) is 0. The molecule has 0 saturated carbocycles. The summed E-state index contributed by atoms with van der Waals surface area (Å²) in [6, 6.07) is 36.3. The highest BCUT2D eigenvalue weighted by molar-refractivity contribution is 6.38. The molecule has 1 aliphatic rings. The number of benzene rings is 4. The van der Waals surface area contributed by atoms with Crippen LogP contribution in [0.5, 0.6) is 11.5 Å². The number of aromatic amines is 1. The fourth-order valence-electron chi connectivity index (χ4n) is 4.38. The summed E-state index contributed by atoms with van der Waals surface area (Å²) in [4.78, 5) is 13.4. The zero-order chi connectivity index (χ0) is 25.2. The van der Waals surface area contributed by atoms with Gasteiger partial charge in [0.25, 0.3) is 0 Å². The smallest absolute Gasteiger partial charge is 0.162 e. The van der Waals surface area contributed by atoms with E-state index in [0.717, 1.165) is 44.8 Å². The first-order chi connectivity index (χ1) is 18.1. The molecule has 0 unspecified atom stereocenters. The Morgan fingerprint density at radius 2 is 1.16 bits per heavy atom. The zero-order valence-corrected chi connectivity index (χ0v) is 19.8. The number of hydrogen-bond acceptors (Lipinski definition) is 3. The lowest BCUT2D eigenvalue weighted by atomic mass is 10.0. The maximum Gasteiger partial charge on any atom is 0.162 e. The van der Waals surface area contributed by atoms with Crippen LogP contribution in [0, 0.1) is 0 Å². The van der Waals surface area contributed by atoms with Crippen molar-refractivity contribution in [3.8, 4) is 33.9 Å². The number of phenols is 2. The number of amidine groups is 1. The molecule has 0 bridgehead atoms. The minimum atomic E-state index is 0.205. The molecule has 0 saturated heterocycles. The van der Waals surface area contributed by atoms with Crippen molar-refractivity contribution in [2.24, 2.45) is 9.98 Å². The molecule has 0 spiro atoms. The largest absolute Gasteiger partial charge is 0.508 e. The van der Waals surface area contributed by atoms with Gasteiger partial charge in [0.2, 0.25) is 0 Å². The van der Waals surface area contributed by atoms with Crippen LogP contribution in [0.2, 0.25) is 0 Å². The minimum absolute atomic E-state index is 0.205. The summed E-state index contributed by atoms with van der Waals surface area (Å²) in [6.45, 7) is 0. The Morgan fingerprint density at radius 1 is 0.595 bits per heavy atom. The molecule has 0 aliphatic carbocycles. The summed E-state index contributed by atoms with van der Waals surface area (Å²) in [5, 5.41) is 19.6. The molecular formula is C32H23N3O2. The number of aromatic hydroxyl groups is 2. The molecule has 1 aromatic heterocycles. The lowest BCUT2D eigenvalue weighted by molar-refractivity contribution is 0.475. The molecule has 6 rings (SSSR count). The highest BCUT2D eigenvalue weighted by Gasteiger charge is 2.21. The minimum Gasteiger partial charge on any atom is -0.508 e. The number of hydrogen-bond donors (Lipinski definition) is 3. The molecule has 3 N–H and O–H groups in total. The van der Waals surface area contributed by atoms with Crippen molar-refractivity contribution in [1.82, 2.24) is 4.98 Å². The predicted octanol–water partition coefficient (Wildman–Crippen LogP) is 7.38. The Morgan fingerprint density at radius 3 is 1.78 bits per heavy atom. The Kier molecular flexibility index (Phi) is 5.71. The van der Waals surface area contributed by atoms with E-state index in [4.69, 9.17) is 9.98 Å². The maximum atomic E-state index is 9.83. The van der Waals surface area contributed by atoms with Crippen molar-refractivity contribution in [2.45, 2.75) is 0 Å². The Balaban J connectivity index is 1.52. The van der Waals surface area contributed by atoms with Crippen LogP contribution in [-0.4, -0.2) is 26.7 Å². The van der Waals surface area contributed by atoms with Gasteiger partial charge in [-0.05, 0) is 53.1 Å². The highest BCUT2D eigenvalue weighted by atomic mass is 16.3. The van der Waals surface area contributed by atoms with Crippen molar-refractivity contribution in [3.63, 3.8) is 0 Å². The van der Waals surface area contributed by atoms with Crippen LogP contribution in [0.25, 0.3) is 28.0 Å². The molecule has 0 radical (unpaired) electrons. The molecule has 37 heavy (non-hydrogen) atoms. The second-order valence-corrected chi connectivity index (χ2v) is 8.76. The average molecular weight is 482 g/mol. The number of H-pyrrole nitrogens is 1. The first-order valence-corrected chi connectivity index (χ1v) is 12.0. The third kappa shape index (κ3) is 4.58. The maximum absolute atomic E-state index is 9.83. The van der Waals surface area contributed by atoms with Gasteiger partial charge in [-0.3, -0.25) is 0 Å². The van der Waals surface area contributed by atoms with Gasteiger partial charge in [-0.15, -0.1) is 0 Å². The van der Waals surface area contributed by atoms with Crippen molar-refractivity contribution in [1.29, 1.82) is 0 Å². The molecule has 2 heterocycles. The van der Waals surface area contributed by atoms with Gasteiger partial charge >= 0.3 is 0 Å². The number of rotatable bonds is 5. The molecule has 178 valence electrons. The predicted molar refractivity (Wildman–Crippen MR) is 149 cm³/mol. The van der Waals surface area contributed by atoms with Crippen LogP contribution in [0.3, 0.4) is 0 Å². The number of aliphatic imine (C=N–C) groups is 2. The standard InChI is InChI=1S/C32H23N3O2/c36-25-15-11-21(12-16-25)27-19-29(23-7-3-1-4-8-23)33-31(27)35-32-28(22-13-17-26(37)18-14-22)20-30(34-32)24-9-5-2-6-10-24/h1-20,33,36-37H. The van der Waals surface area contributed by atoms with Crippen molar-refractivity contribution < 1.29 is 10.2 Å². The van der Waals surface area contributed by atoms with E-state index in [2.05, 4.69) is 11.1 Å². The molecule has 1 aliphatic heterocycles. The number of nitrogens with zero attached hydrogens (tertiary/aromatic N) is 2. The van der Waals surface area contributed by atoms with Gasteiger partial charge < -0.3 is 15.2 Å². The van der Waals surface area contributed by atoms with Crippen LogP contribution in [-0.2, 0) is 0 Å². The van der Waals surface area contributed by atoms with Crippen LogP contribution >= 0.6 is 0 Å². The monoisotopic (exact) mass is 481 g/mol. The summed E-state index contributed by atoms with van der Waals surface area (Å²) in [5.41, 5.74) is 7.41. The topological polar surface area (TPSA) is 81.0 Å². The van der Waals surface area contributed by atoms with E-state index in [-0.39, 0.29) is 11.5 Å². The van der Waals surface area contributed by atoms with Gasteiger partial charge in [-0.2, -0.15) is 0 Å². The molecule has 0 amide bonds. The number of aromatic nitrogens is 1. The number of allylic oxidation sites excluding steroid dienone is 1. The highest BCUT2D eigenvalue weighted by Crippen LogP contribution is 2.37. The second-order valence-electron chi connectivity index (χ2n) is 8.76. The molecular weight excluding hydrogens is 458 g/mol.